The second kappa shape index (κ2) is 9.50. The minimum absolute atomic E-state index is 0.667. The summed E-state index contributed by atoms with van der Waals surface area (Å²) in [5.74, 6) is 3.10. The van der Waals surface area contributed by atoms with E-state index in [1.54, 1.807) is 21.3 Å². The molecule has 0 aliphatic carbocycles. The summed E-state index contributed by atoms with van der Waals surface area (Å²) >= 11 is 0. The molecule has 0 fully saturated rings. The van der Waals surface area contributed by atoms with Crippen molar-refractivity contribution in [1.29, 1.82) is 0 Å². The van der Waals surface area contributed by atoms with Gasteiger partial charge in [0.2, 0.25) is 0 Å². The Kier molecular flexibility index (Phi) is 7.98. The fourth-order valence-corrected chi connectivity index (χ4v) is 2.38. The quantitative estimate of drug-likeness (QED) is 0.672. The van der Waals surface area contributed by atoms with E-state index in [1.165, 1.54) is 6.42 Å². The van der Waals surface area contributed by atoms with E-state index in [4.69, 9.17) is 14.2 Å². The van der Waals surface area contributed by atoms with Crippen molar-refractivity contribution >= 4 is 0 Å². The average Bonchev–Trinajstić information content (AvgIpc) is 2.52. The molecule has 21 heavy (non-hydrogen) atoms. The Balaban J connectivity index is 2.72. The monoisotopic (exact) mass is 295 g/mol. The fraction of sp³-hybridized carbons (Fsp3) is 0.647. The fourth-order valence-electron chi connectivity index (χ4n) is 2.38. The lowest BCUT2D eigenvalue weighted by Gasteiger charge is -2.17. The third kappa shape index (κ3) is 5.46. The molecule has 0 heterocycles. The third-order valence-electron chi connectivity index (χ3n) is 3.77. The highest BCUT2D eigenvalue weighted by Gasteiger charge is 2.14. The van der Waals surface area contributed by atoms with E-state index in [-0.39, 0.29) is 0 Å². The molecule has 0 amide bonds. The van der Waals surface area contributed by atoms with Gasteiger partial charge >= 0.3 is 0 Å². The molecule has 0 radical (unpaired) electrons. The van der Waals surface area contributed by atoms with Gasteiger partial charge in [-0.25, -0.2) is 0 Å². The second-order valence-electron chi connectivity index (χ2n) is 5.30. The van der Waals surface area contributed by atoms with Crippen LogP contribution in [0.4, 0.5) is 0 Å². The Labute approximate surface area is 128 Å². The summed E-state index contributed by atoms with van der Waals surface area (Å²) in [5, 5.41) is 3.37. The summed E-state index contributed by atoms with van der Waals surface area (Å²) in [4.78, 5) is 0. The van der Waals surface area contributed by atoms with Crippen molar-refractivity contribution in [3.8, 4) is 17.2 Å². The van der Waals surface area contributed by atoms with Crippen LogP contribution in [-0.4, -0.2) is 34.4 Å². The van der Waals surface area contributed by atoms with Crippen LogP contribution in [0.1, 0.15) is 32.3 Å². The van der Waals surface area contributed by atoms with Crippen LogP contribution in [0.15, 0.2) is 12.1 Å². The van der Waals surface area contributed by atoms with Gasteiger partial charge in [-0.05, 0) is 38.3 Å². The number of hydrogen-bond donors (Lipinski definition) is 1. The number of rotatable bonds is 10. The van der Waals surface area contributed by atoms with Gasteiger partial charge in [0.25, 0.3) is 0 Å². The molecule has 0 saturated carbocycles. The zero-order valence-corrected chi connectivity index (χ0v) is 14.0. The Morgan fingerprint density at radius 3 is 2.10 bits per heavy atom. The zero-order valence-electron chi connectivity index (χ0n) is 14.0. The van der Waals surface area contributed by atoms with Crippen molar-refractivity contribution in [2.45, 2.75) is 33.1 Å². The molecule has 0 aliphatic heterocycles. The number of benzene rings is 1. The predicted octanol–water partition coefficient (Wildman–Crippen LogP) is 3.28. The molecule has 1 atom stereocenters. The third-order valence-corrected chi connectivity index (χ3v) is 3.77. The molecule has 1 aromatic carbocycles. The largest absolute Gasteiger partial charge is 0.496 e. The van der Waals surface area contributed by atoms with E-state index < -0.39 is 0 Å². The lowest BCUT2D eigenvalue weighted by atomic mass is 9.97. The minimum Gasteiger partial charge on any atom is -0.496 e. The van der Waals surface area contributed by atoms with Crippen LogP contribution in [0.3, 0.4) is 0 Å². The Morgan fingerprint density at radius 1 is 1.00 bits per heavy atom. The van der Waals surface area contributed by atoms with Gasteiger partial charge in [-0.2, -0.15) is 0 Å². The molecule has 0 bridgehead atoms. The smallest absolute Gasteiger partial charge is 0.129 e. The van der Waals surface area contributed by atoms with Crippen LogP contribution < -0.4 is 19.5 Å². The molecule has 4 nitrogen and oxygen atoms in total. The summed E-state index contributed by atoms with van der Waals surface area (Å²) in [6, 6.07) is 3.84. The molecule has 1 N–H and O–H groups in total. The highest BCUT2D eigenvalue weighted by atomic mass is 16.5. The average molecular weight is 295 g/mol. The van der Waals surface area contributed by atoms with Crippen LogP contribution in [0.25, 0.3) is 0 Å². The molecule has 0 aromatic heterocycles. The maximum Gasteiger partial charge on any atom is 0.129 e. The van der Waals surface area contributed by atoms with E-state index in [0.717, 1.165) is 48.7 Å². The van der Waals surface area contributed by atoms with Crippen molar-refractivity contribution in [2.75, 3.05) is 34.4 Å². The SMILES string of the molecule is CCNCCC(C)CCc1c(OC)cc(OC)cc1OC. The summed E-state index contributed by atoms with van der Waals surface area (Å²) in [6.07, 6.45) is 3.25. The van der Waals surface area contributed by atoms with Crippen molar-refractivity contribution in [3.05, 3.63) is 17.7 Å². The molecule has 0 saturated heterocycles. The molecule has 0 spiro atoms. The number of methoxy groups -OCH3 is 3. The van der Waals surface area contributed by atoms with Gasteiger partial charge in [-0.15, -0.1) is 0 Å². The lowest BCUT2D eigenvalue weighted by molar-refractivity contribution is 0.365. The van der Waals surface area contributed by atoms with Crippen molar-refractivity contribution in [1.82, 2.24) is 5.32 Å². The first kappa shape index (κ1) is 17.6. The zero-order chi connectivity index (χ0) is 15.7. The van der Waals surface area contributed by atoms with Crippen molar-refractivity contribution in [3.63, 3.8) is 0 Å². The van der Waals surface area contributed by atoms with E-state index >= 15 is 0 Å². The van der Waals surface area contributed by atoms with Gasteiger partial charge in [0, 0.05) is 17.7 Å². The standard InChI is InChI=1S/C17H29NO3/c1-6-18-10-9-13(2)7-8-15-16(20-4)11-14(19-3)12-17(15)21-5/h11-13,18H,6-10H2,1-5H3. The Hall–Kier alpha value is -1.42. The van der Waals surface area contributed by atoms with Crippen molar-refractivity contribution < 1.29 is 14.2 Å². The molecule has 1 aromatic rings. The second-order valence-corrected chi connectivity index (χ2v) is 5.30. The van der Waals surface area contributed by atoms with Gasteiger partial charge in [0.1, 0.15) is 17.2 Å². The van der Waals surface area contributed by atoms with Gasteiger partial charge in [-0.3, -0.25) is 0 Å². The Morgan fingerprint density at radius 2 is 1.62 bits per heavy atom. The minimum atomic E-state index is 0.667. The summed E-state index contributed by atoms with van der Waals surface area (Å²) in [7, 11) is 5.02. The predicted molar refractivity (Wildman–Crippen MR) is 86.7 cm³/mol. The van der Waals surface area contributed by atoms with E-state index in [0.29, 0.717) is 5.92 Å². The van der Waals surface area contributed by atoms with Gasteiger partial charge in [-0.1, -0.05) is 13.8 Å². The lowest BCUT2D eigenvalue weighted by Crippen LogP contribution is -2.16. The first-order chi connectivity index (χ1) is 10.2. The molecule has 0 aliphatic rings. The van der Waals surface area contributed by atoms with Crippen molar-refractivity contribution in [2.24, 2.45) is 5.92 Å². The Bertz CT molecular complexity index is 395. The summed E-state index contributed by atoms with van der Waals surface area (Å²) < 4.78 is 16.3. The summed E-state index contributed by atoms with van der Waals surface area (Å²) in [6.45, 7) is 6.54. The van der Waals surface area contributed by atoms with E-state index in [9.17, 15) is 0 Å². The molecule has 4 heteroatoms. The van der Waals surface area contributed by atoms with Crippen LogP contribution in [0.5, 0.6) is 17.2 Å². The maximum atomic E-state index is 5.49. The summed E-state index contributed by atoms with van der Waals surface area (Å²) in [5.41, 5.74) is 1.12. The van der Waals surface area contributed by atoms with Crippen LogP contribution in [0.2, 0.25) is 0 Å². The van der Waals surface area contributed by atoms with Gasteiger partial charge < -0.3 is 19.5 Å². The van der Waals surface area contributed by atoms with Crippen LogP contribution >= 0.6 is 0 Å². The molecule has 1 rings (SSSR count). The topological polar surface area (TPSA) is 39.7 Å². The highest BCUT2D eigenvalue weighted by molar-refractivity contribution is 5.50. The molecule has 120 valence electrons. The number of ether oxygens (including phenoxy) is 3. The molecular weight excluding hydrogens is 266 g/mol. The highest BCUT2D eigenvalue weighted by Crippen LogP contribution is 2.35. The first-order valence-corrected chi connectivity index (χ1v) is 7.65. The van der Waals surface area contributed by atoms with E-state index in [1.807, 2.05) is 12.1 Å². The molecule has 1 unspecified atom stereocenters. The molecular formula is C17H29NO3. The normalized spacial score (nSPS) is 12.0. The van der Waals surface area contributed by atoms with Crippen LogP contribution in [-0.2, 0) is 6.42 Å². The first-order valence-electron chi connectivity index (χ1n) is 7.65. The number of nitrogens with one attached hydrogen (secondary N) is 1. The van der Waals surface area contributed by atoms with Gasteiger partial charge in [0.15, 0.2) is 0 Å². The van der Waals surface area contributed by atoms with E-state index in [2.05, 4.69) is 19.2 Å². The van der Waals surface area contributed by atoms with Gasteiger partial charge in [0.05, 0.1) is 21.3 Å². The van der Waals surface area contributed by atoms with Crippen LogP contribution in [0, 0.1) is 5.92 Å². The number of hydrogen-bond acceptors (Lipinski definition) is 4. The maximum absolute atomic E-state index is 5.49.